The number of Topliss-reactive ketones (excluding diaryl/α,β-unsaturated/α-hetero) is 1. The van der Waals surface area contributed by atoms with Gasteiger partial charge < -0.3 is 4.74 Å². The smallest absolute Gasteiger partial charge is 0.310 e. The standard InChI is InChI=1S/C25H37NO3S/c1-18(2)21(27)13-14-25(7,17-26)23(3,4)15-20(24(5,6)30)22(28)29-16-19-11-9-8-10-12-19/h8-12,18,20,30H,13-16H2,1-7H3. The molecule has 0 saturated heterocycles. The van der Waals surface area contributed by atoms with Gasteiger partial charge in [-0.1, -0.05) is 71.9 Å². The highest BCUT2D eigenvalue weighted by Gasteiger charge is 2.47. The van der Waals surface area contributed by atoms with Crippen molar-refractivity contribution < 1.29 is 14.3 Å². The fourth-order valence-corrected chi connectivity index (χ4v) is 3.59. The van der Waals surface area contributed by atoms with E-state index in [1.165, 1.54) is 0 Å². The van der Waals surface area contributed by atoms with E-state index >= 15 is 0 Å². The lowest BCUT2D eigenvalue weighted by Gasteiger charge is -2.43. The molecule has 0 bridgehead atoms. The number of ether oxygens (including phenoxy) is 1. The predicted molar refractivity (Wildman–Crippen MR) is 124 cm³/mol. The number of thiol groups is 1. The molecule has 4 nitrogen and oxygen atoms in total. The summed E-state index contributed by atoms with van der Waals surface area (Å²) >= 11 is 4.68. The van der Waals surface area contributed by atoms with Gasteiger partial charge >= 0.3 is 5.97 Å². The summed E-state index contributed by atoms with van der Waals surface area (Å²) in [5, 5.41) is 9.98. The third-order valence-corrected chi connectivity index (χ3v) is 6.64. The Morgan fingerprint density at radius 1 is 1.10 bits per heavy atom. The molecular weight excluding hydrogens is 394 g/mol. The molecule has 0 aliphatic heterocycles. The van der Waals surface area contributed by atoms with Gasteiger partial charge in [0, 0.05) is 17.1 Å². The van der Waals surface area contributed by atoms with Crippen molar-refractivity contribution in [2.75, 3.05) is 0 Å². The third-order valence-electron chi connectivity index (χ3n) is 6.33. The maximum absolute atomic E-state index is 13.0. The number of carbonyl (C=O) groups is 2. The van der Waals surface area contributed by atoms with Gasteiger partial charge in [-0.3, -0.25) is 9.59 Å². The van der Waals surface area contributed by atoms with Gasteiger partial charge in [-0.25, -0.2) is 0 Å². The van der Waals surface area contributed by atoms with Crippen molar-refractivity contribution in [2.45, 2.75) is 79.1 Å². The van der Waals surface area contributed by atoms with Gasteiger partial charge in [0.1, 0.15) is 12.4 Å². The van der Waals surface area contributed by atoms with Crippen molar-refractivity contribution >= 4 is 24.4 Å². The molecule has 0 amide bonds. The van der Waals surface area contributed by atoms with Gasteiger partial charge in [-0.05, 0) is 30.7 Å². The highest BCUT2D eigenvalue weighted by atomic mass is 32.1. The van der Waals surface area contributed by atoms with Crippen molar-refractivity contribution in [1.29, 1.82) is 5.26 Å². The van der Waals surface area contributed by atoms with E-state index < -0.39 is 21.5 Å². The molecular formula is C25H37NO3S. The van der Waals surface area contributed by atoms with Crippen molar-refractivity contribution in [3.05, 3.63) is 35.9 Å². The van der Waals surface area contributed by atoms with E-state index in [0.717, 1.165) is 5.56 Å². The molecule has 0 aliphatic carbocycles. The molecule has 2 atom stereocenters. The number of esters is 1. The summed E-state index contributed by atoms with van der Waals surface area (Å²) in [6.45, 7) is 13.6. The third kappa shape index (κ3) is 7.16. The Morgan fingerprint density at radius 2 is 1.67 bits per heavy atom. The topological polar surface area (TPSA) is 67.2 Å². The summed E-state index contributed by atoms with van der Waals surface area (Å²) in [6.07, 6.45) is 1.27. The Morgan fingerprint density at radius 3 is 2.13 bits per heavy atom. The Hall–Kier alpha value is -1.80. The van der Waals surface area contributed by atoms with Gasteiger partial charge in [0.25, 0.3) is 0 Å². The van der Waals surface area contributed by atoms with Crippen LogP contribution in [0.1, 0.15) is 73.3 Å². The van der Waals surface area contributed by atoms with Crippen LogP contribution in [0.15, 0.2) is 30.3 Å². The van der Waals surface area contributed by atoms with E-state index in [0.29, 0.717) is 19.3 Å². The summed E-state index contributed by atoms with van der Waals surface area (Å²) in [5.74, 6) is -0.702. The lowest BCUT2D eigenvalue weighted by Crippen LogP contribution is -2.43. The summed E-state index contributed by atoms with van der Waals surface area (Å²) in [7, 11) is 0. The first-order valence-electron chi connectivity index (χ1n) is 10.6. The van der Waals surface area contributed by atoms with E-state index in [4.69, 9.17) is 4.74 Å². The molecule has 0 saturated carbocycles. The lowest BCUT2D eigenvalue weighted by molar-refractivity contribution is -0.152. The normalized spacial score (nSPS) is 15.2. The monoisotopic (exact) mass is 431 g/mol. The van der Waals surface area contributed by atoms with Crippen LogP contribution in [0.4, 0.5) is 0 Å². The quantitative estimate of drug-likeness (QED) is 0.344. The zero-order valence-corrected chi connectivity index (χ0v) is 20.4. The van der Waals surface area contributed by atoms with Gasteiger partial charge in [-0.15, -0.1) is 0 Å². The number of ketones is 1. The largest absolute Gasteiger partial charge is 0.461 e. The van der Waals surface area contributed by atoms with Crippen LogP contribution >= 0.6 is 12.6 Å². The minimum absolute atomic E-state index is 0.0480. The number of nitriles is 1. The van der Waals surface area contributed by atoms with Crippen LogP contribution in [0, 0.1) is 34.0 Å². The molecule has 0 N–H and O–H groups in total. The fraction of sp³-hybridized carbons (Fsp3) is 0.640. The lowest BCUT2D eigenvalue weighted by atomic mass is 9.60. The zero-order chi connectivity index (χ0) is 23.2. The first-order valence-corrected chi connectivity index (χ1v) is 11.0. The van der Waals surface area contributed by atoms with E-state index in [2.05, 4.69) is 18.7 Å². The summed E-state index contributed by atoms with van der Waals surface area (Å²) in [6, 6.07) is 12.0. The van der Waals surface area contributed by atoms with E-state index in [-0.39, 0.29) is 24.3 Å². The van der Waals surface area contributed by atoms with E-state index in [9.17, 15) is 14.9 Å². The molecule has 0 spiro atoms. The molecule has 2 unspecified atom stereocenters. The number of hydrogen-bond acceptors (Lipinski definition) is 5. The number of hydrogen-bond donors (Lipinski definition) is 1. The zero-order valence-electron chi connectivity index (χ0n) is 19.5. The summed E-state index contributed by atoms with van der Waals surface area (Å²) in [4.78, 5) is 25.1. The van der Waals surface area contributed by atoms with Crippen LogP contribution < -0.4 is 0 Å². The summed E-state index contributed by atoms with van der Waals surface area (Å²) in [5.41, 5.74) is -0.348. The minimum atomic E-state index is -0.755. The van der Waals surface area contributed by atoms with Crippen LogP contribution in [0.25, 0.3) is 0 Å². The second kappa shape index (κ2) is 10.5. The van der Waals surface area contributed by atoms with E-state index in [1.807, 2.05) is 78.8 Å². The Balaban J connectivity index is 2.99. The number of benzene rings is 1. The average molecular weight is 432 g/mol. The molecule has 0 fully saturated rings. The van der Waals surface area contributed by atoms with Crippen LogP contribution in [0.2, 0.25) is 0 Å². The van der Waals surface area contributed by atoms with Crippen LogP contribution in [-0.2, 0) is 20.9 Å². The maximum atomic E-state index is 13.0. The number of rotatable bonds is 11. The molecule has 0 aromatic heterocycles. The van der Waals surface area contributed by atoms with Crippen molar-refractivity contribution in [2.24, 2.45) is 22.7 Å². The van der Waals surface area contributed by atoms with Crippen LogP contribution in [-0.4, -0.2) is 16.5 Å². The Kier molecular flexibility index (Phi) is 9.17. The predicted octanol–water partition coefficient (Wildman–Crippen LogP) is 6.01. The Bertz CT molecular complexity index is 759. The molecule has 1 aromatic rings. The molecule has 1 rings (SSSR count). The number of nitrogens with zero attached hydrogens (tertiary/aromatic N) is 1. The Labute approximate surface area is 187 Å². The van der Waals surface area contributed by atoms with Crippen molar-refractivity contribution in [3.63, 3.8) is 0 Å². The molecule has 1 aromatic carbocycles. The highest BCUT2D eigenvalue weighted by Crippen LogP contribution is 2.49. The first kappa shape index (κ1) is 26.2. The van der Waals surface area contributed by atoms with E-state index in [1.54, 1.807) is 0 Å². The van der Waals surface area contributed by atoms with Crippen LogP contribution in [0.3, 0.4) is 0 Å². The van der Waals surface area contributed by atoms with Gasteiger partial charge in [-0.2, -0.15) is 17.9 Å². The maximum Gasteiger partial charge on any atom is 0.310 e. The van der Waals surface area contributed by atoms with Crippen molar-refractivity contribution in [3.8, 4) is 6.07 Å². The SMILES string of the molecule is CC(C)C(=O)CCC(C)(C#N)C(C)(C)CC(C(=O)OCc1ccccc1)C(C)(C)S. The average Bonchev–Trinajstić information content (AvgIpc) is 2.67. The van der Waals surface area contributed by atoms with Gasteiger partial charge in [0.05, 0.1) is 17.4 Å². The molecule has 30 heavy (non-hydrogen) atoms. The number of carbonyl (C=O) groups excluding carboxylic acids is 2. The fourth-order valence-electron chi connectivity index (χ4n) is 3.39. The van der Waals surface area contributed by atoms with Gasteiger partial charge in [0.2, 0.25) is 0 Å². The molecule has 5 heteroatoms. The molecule has 0 aliphatic rings. The molecule has 166 valence electrons. The minimum Gasteiger partial charge on any atom is -0.461 e. The van der Waals surface area contributed by atoms with Gasteiger partial charge in [0.15, 0.2) is 0 Å². The highest BCUT2D eigenvalue weighted by molar-refractivity contribution is 7.81. The molecule has 0 radical (unpaired) electrons. The second-order valence-electron chi connectivity index (χ2n) is 9.95. The summed E-state index contributed by atoms with van der Waals surface area (Å²) < 4.78 is 5.00. The first-order chi connectivity index (χ1) is 13.7. The second-order valence-corrected chi connectivity index (χ2v) is 11.1. The van der Waals surface area contributed by atoms with Crippen molar-refractivity contribution in [1.82, 2.24) is 0 Å². The van der Waals surface area contributed by atoms with Crippen LogP contribution in [0.5, 0.6) is 0 Å². The molecule has 0 heterocycles.